The third kappa shape index (κ3) is 4.57. The maximum atomic E-state index is 14.7. The van der Waals surface area contributed by atoms with Crippen LogP contribution in [-0.2, 0) is 0 Å². The third-order valence-electron chi connectivity index (χ3n) is 5.96. The summed E-state index contributed by atoms with van der Waals surface area (Å²) in [4.78, 5) is 13.5. The first-order valence-electron chi connectivity index (χ1n) is 10.4. The molecule has 2 aromatic rings. The predicted molar refractivity (Wildman–Crippen MR) is 115 cm³/mol. The number of hydrogen-bond acceptors (Lipinski definition) is 6. The number of ether oxygens (including phenoxy) is 1. The van der Waals surface area contributed by atoms with Crippen molar-refractivity contribution in [2.45, 2.75) is 51.2 Å². The molecular formula is C21H29ClFN5O. The van der Waals surface area contributed by atoms with E-state index in [2.05, 4.69) is 46.0 Å². The molecule has 0 amide bonds. The number of nitrogens with one attached hydrogen (secondary N) is 1. The molecule has 2 fully saturated rings. The van der Waals surface area contributed by atoms with Crippen LogP contribution in [0.3, 0.4) is 0 Å². The average Bonchev–Trinajstić information content (AvgIpc) is 3.02. The van der Waals surface area contributed by atoms with Gasteiger partial charge in [-0.15, -0.1) is 0 Å². The second-order valence-electron chi connectivity index (χ2n) is 8.43. The van der Waals surface area contributed by atoms with Crippen LogP contribution in [0, 0.1) is 5.82 Å². The zero-order valence-corrected chi connectivity index (χ0v) is 18.0. The average molecular weight is 422 g/mol. The molecule has 1 N–H and O–H groups in total. The van der Waals surface area contributed by atoms with Gasteiger partial charge in [0.25, 0.3) is 0 Å². The molecule has 4 rings (SSSR count). The van der Waals surface area contributed by atoms with Crippen LogP contribution in [0.5, 0.6) is 6.01 Å². The van der Waals surface area contributed by atoms with Gasteiger partial charge in [-0.05, 0) is 52.3 Å². The molecule has 3 heterocycles. The lowest BCUT2D eigenvalue weighted by Crippen LogP contribution is -2.51. The fourth-order valence-corrected chi connectivity index (χ4v) is 4.34. The van der Waals surface area contributed by atoms with Crippen LogP contribution >= 0.6 is 11.6 Å². The highest BCUT2D eigenvalue weighted by atomic mass is 35.5. The molecule has 2 atom stereocenters. The number of fused-ring (bicyclic) bond motifs is 3. The summed E-state index contributed by atoms with van der Waals surface area (Å²) in [5, 5.41) is 4.61. The van der Waals surface area contributed by atoms with Gasteiger partial charge in [0, 0.05) is 48.2 Å². The number of nitrogens with zero attached hydrogens (tertiary/aromatic N) is 4. The van der Waals surface area contributed by atoms with Crippen molar-refractivity contribution in [2.75, 3.05) is 38.2 Å². The minimum Gasteiger partial charge on any atom is -0.463 e. The Bertz CT molecular complexity index is 868. The Kier molecular flexibility index (Phi) is 6.08. The molecule has 158 valence electrons. The molecule has 1 aromatic heterocycles. The zero-order chi connectivity index (χ0) is 20.5. The van der Waals surface area contributed by atoms with Gasteiger partial charge >= 0.3 is 6.01 Å². The SMILES string of the molecule is CC(C)N(C)CCCOc1nc(N2C[C@H]3CC[C@@H](C2)N3)c2cc(Cl)cc(F)c2n1. The maximum Gasteiger partial charge on any atom is 0.319 e. The molecule has 0 aliphatic carbocycles. The molecule has 2 saturated heterocycles. The molecule has 8 heteroatoms. The smallest absolute Gasteiger partial charge is 0.319 e. The molecule has 2 aliphatic rings. The highest BCUT2D eigenvalue weighted by Gasteiger charge is 2.34. The van der Waals surface area contributed by atoms with Crippen molar-refractivity contribution >= 4 is 28.3 Å². The molecular weight excluding hydrogens is 393 g/mol. The van der Waals surface area contributed by atoms with Gasteiger partial charge in [0.15, 0.2) is 5.82 Å². The zero-order valence-electron chi connectivity index (χ0n) is 17.3. The molecule has 1 aromatic carbocycles. The fraction of sp³-hybridized carbons (Fsp3) is 0.619. The number of piperazine rings is 1. The Balaban J connectivity index is 1.59. The first-order valence-corrected chi connectivity index (χ1v) is 10.8. The van der Waals surface area contributed by atoms with E-state index in [0.29, 0.717) is 41.0 Å². The third-order valence-corrected chi connectivity index (χ3v) is 6.18. The summed E-state index contributed by atoms with van der Waals surface area (Å²) in [6.07, 6.45) is 3.17. The van der Waals surface area contributed by atoms with E-state index < -0.39 is 5.82 Å². The van der Waals surface area contributed by atoms with Crippen LogP contribution in [0.25, 0.3) is 10.9 Å². The summed E-state index contributed by atoms with van der Waals surface area (Å²) in [6.45, 7) is 7.42. The molecule has 0 unspecified atom stereocenters. The highest BCUT2D eigenvalue weighted by molar-refractivity contribution is 6.31. The maximum absolute atomic E-state index is 14.7. The quantitative estimate of drug-likeness (QED) is 0.691. The van der Waals surface area contributed by atoms with Crippen LogP contribution in [0.15, 0.2) is 12.1 Å². The highest BCUT2D eigenvalue weighted by Crippen LogP contribution is 2.33. The van der Waals surface area contributed by atoms with Crippen LogP contribution in [0.2, 0.25) is 5.02 Å². The van der Waals surface area contributed by atoms with Crippen molar-refractivity contribution in [3.8, 4) is 6.01 Å². The van der Waals surface area contributed by atoms with Gasteiger partial charge in [0.1, 0.15) is 11.3 Å². The normalized spacial score (nSPS) is 21.6. The first kappa shape index (κ1) is 20.6. The van der Waals surface area contributed by atoms with Gasteiger partial charge in [-0.2, -0.15) is 9.97 Å². The Morgan fingerprint density at radius 2 is 2.00 bits per heavy atom. The van der Waals surface area contributed by atoms with Gasteiger partial charge in [-0.3, -0.25) is 0 Å². The van der Waals surface area contributed by atoms with Gasteiger partial charge in [-0.25, -0.2) is 4.39 Å². The molecule has 2 aliphatic heterocycles. The van der Waals surface area contributed by atoms with Crippen LogP contribution in [-0.4, -0.2) is 66.3 Å². The largest absolute Gasteiger partial charge is 0.463 e. The summed E-state index contributed by atoms with van der Waals surface area (Å²) in [6, 6.07) is 4.65. The fourth-order valence-electron chi connectivity index (χ4n) is 4.13. The summed E-state index contributed by atoms with van der Waals surface area (Å²) in [7, 11) is 2.09. The molecule has 2 bridgehead atoms. The number of benzene rings is 1. The van der Waals surface area contributed by atoms with Crippen molar-refractivity contribution in [1.82, 2.24) is 20.2 Å². The second kappa shape index (κ2) is 8.58. The Hall–Kier alpha value is -1.70. The van der Waals surface area contributed by atoms with Gasteiger partial charge < -0.3 is 19.9 Å². The topological polar surface area (TPSA) is 53.5 Å². The molecule has 0 saturated carbocycles. The number of rotatable bonds is 7. The van der Waals surface area contributed by atoms with Crippen molar-refractivity contribution in [2.24, 2.45) is 0 Å². The number of anilines is 1. The minimum atomic E-state index is -0.446. The van der Waals surface area contributed by atoms with Crippen molar-refractivity contribution in [3.05, 3.63) is 23.0 Å². The standard InChI is InChI=1S/C21H29ClFN5O/c1-13(2)27(3)7-4-8-29-21-25-19-17(9-14(22)10-18(19)23)20(26-21)28-11-15-5-6-16(12-28)24-15/h9-10,13,15-16,24H,4-8,11-12H2,1-3H3/t15-,16+. The summed E-state index contributed by atoms with van der Waals surface area (Å²) >= 11 is 6.14. The lowest BCUT2D eigenvalue weighted by molar-refractivity contribution is 0.226. The van der Waals surface area contributed by atoms with Crippen LogP contribution < -0.4 is 15.0 Å². The van der Waals surface area contributed by atoms with E-state index in [1.807, 2.05) is 0 Å². The molecule has 0 radical (unpaired) electrons. The van der Waals surface area contributed by atoms with E-state index in [1.54, 1.807) is 6.07 Å². The van der Waals surface area contributed by atoms with E-state index in [9.17, 15) is 4.39 Å². The molecule has 0 spiro atoms. The minimum absolute atomic E-state index is 0.229. The van der Waals surface area contributed by atoms with Gasteiger partial charge in [-0.1, -0.05) is 11.6 Å². The van der Waals surface area contributed by atoms with Crippen molar-refractivity contribution < 1.29 is 9.13 Å². The van der Waals surface area contributed by atoms with E-state index in [1.165, 1.54) is 6.07 Å². The molecule has 29 heavy (non-hydrogen) atoms. The van der Waals surface area contributed by atoms with Gasteiger partial charge in [0.2, 0.25) is 0 Å². The van der Waals surface area contributed by atoms with Gasteiger partial charge in [0.05, 0.1) is 6.61 Å². The second-order valence-corrected chi connectivity index (χ2v) is 8.87. The summed E-state index contributed by atoms with van der Waals surface area (Å²) in [5.41, 5.74) is 0.263. The Morgan fingerprint density at radius 1 is 1.28 bits per heavy atom. The van der Waals surface area contributed by atoms with Crippen molar-refractivity contribution in [3.63, 3.8) is 0 Å². The number of hydrogen-bond donors (Lipinski definition) is 1. The van der Waals surface area contributed by atoms with Crippen LogP contribution in [0.1, 0.15) is 33.1 Å². The molecule has 6 nitrogen and oxygen atoms in total. The van der Waals surface area contributed by atoms with Crippen LogP contribution in [0.4, 0.5) is 10.2 Å². The summed E-state index contributed by atoms with van der Waals surface area (Å²) in [5.74, 6) is 0.266. The van der Waals surface area contributed by atoms with E-state index >= 15 is 0 Å². The Morgan fingerprint density at radius 3 is 2.69 bits per heavy atom. The first-order chi connectivity index (χ1) is 13.9. The predicted octanol–water partition coefficient (Wildman–Crippen LogP) is 3.47. The van der Waals surface area contributed by atoms with E-state index in [4.69, 9.17) is 16.3 Å². The monoisotopic (exact) mass is 421 g/mol. The number of aromatic nitrogens is 2. The Labute approximate surface area is 176 Å². The lowest BCUT2D eigenvalue weighted by Gasteiger charge is -2.34. The van der Waals surface area contributed by atoms with E-state index in [0.717, 1.165) is 38.9 Å². The number of halogens is 2. The van der Waals surface area contributed by atoms with E-state index in [-0.39, 0.29) is 11.5 Å². The lowest BCUT2D eigenvalue weighted by atomic mass is 10.1. The van der Waals surface area contributed by atoms with Crippen molar-refractivity contribution in [1.29, 1.82) is 0 Å². The summed E-state index contributed by atoms with van der Waals surface area (Å²) < 4.78 is 20.5.